The molecule has 0 bridgehead atoms. The van der Waals surface area contributed by atoms with Gasteiger partial charge >= 0.3 is 0 Å². The number of amides is 1. The van der Waals surface area contributed by atoms with E-state index >= 15 is 0 Å². The Morgan fingerprint density at radius 1 is 0.960 bits per heavy atom. The van der Waals surface area contributed by atoms with Crippen LogP contribution in [0.15, 0.2) is 54.6 Å². The molecule has 0 unspecified atom stereocenters. The number of β-lactam (4-membered cyclic amide) rings is 1. The van der Waals surface area contributed by atoms with Crippen LogP contribution in [0.5, 0.6) is 0 Å². The molecule has 2 heterocycles. The first-order chi connectivity index (χ1) is 12.2. The van der Waals surface area contributed by atoms with Crippen LogP contribution in [-0.2, 0) is 4.79 Å². The first-order valence-corrected chi connectivity index (χ1v) is 9.16. The third-order valence-electron chi connectivity index (χ3n) is 5.15. The van der Waals surface area contributed by atoms with Gasteiger partial charge in [0.05, 0.1) is 19.1 Å². The summed E-state index contributed by atoms with van der Waals surface area (Å²) in [5.41, 5.74) is 2.41. The quantitative estimate of drug-likeness (QED) is 0.786. The molecular weight excluding hydrogens is 334 g/mol. The van der Waals surface area contributed by atoms with Crippen LogP contribution in [0.1, 0.15) is 18.0 Å². The molecule has 0 spiro atoms. The second kappa shape index (κ2) is 7.06. The van der Waals surface area contributed by atoms with E-state index in [-0.39, 0.29) is 11.9 Å². The van der Waals surface area contributed by atoms with Gasteiger partial charge in [-0.15, -0.1) is 0 Å². The molecule has 25 heavy (non-hydrogen) atoms. The molecule has 5 heteroatoms. The van der Waals surface area contributed by atoms with Crippen LogP contribution in [0.2, 0.25) is 5.02 Å². The Morgan fingerprint density at radius 3 is 2.40 bits per heavy atom. The Balaban J connectivity index is 1.34. The second-order valence-electron chi connectivity index (χ2n) is 6.72. The van der Waals surface area contributed by atoms with Gasteiger partial charge in [0.2, 0.25) is 5.91 Å². The largest absolute Gasteiger partial charge is 0.369 e. The van der Waals surface area contributed by atoms with E-state index < -0.39 is 0 Å². The molecule has 4 rings (SSSR count). The van der Waals surface area contributed by atoms with E-state index in [2.05, 4.69) is 28.0 Å². The fourth-order valence-corrected chi connectivity index (χ4v) is 3.82. The van der Waals surface area contributed by atoms with Crippen molar-refractivity contribution in [2.24, 2.45) is 0 Å². The molecule has 0 saturated carbocycles. The minimum absolute atomic E-state index is 0.236. The van der Waals surface area contributed by atoms with Crippen molar-refractivity contribution in [1.82, 2.24) is 9.80 Å². The molecule has 0 radical (unpaired) electrons. The Morgan fingerprint density at radius 2 is 1.72 bits per heavy atom. The van der Waals surface area contributed by atoms with Gasteiger partial charge < -0.3 is 9.80 Å². The van der Waals surface area contributed by atoms with Gasteiger partial charge in [-0.05, 0) is 23.8 Å². The van der Waals surface area contributed by atoms with Gasteiger partial charge in [-0.2, -0.15) is 0 Å². The van der Waals surface area contributed by atoms with Crippen LogP contribution in [0, 0.1) is 0 Å². The van der Waals surface area contributed by atoms with Crippen LogP contribution >= 0.6 is 11.6 Å². The number of rotatable bonds is 4. The third-order valence-corrected chi connectivity index (χ3v) is 5.38. The Bertz CT molecular complexity index is 744. The number of halogens is 1. The molecule has 1 amide bonds. The molecule has 2 aliphatic rings. The lowest BCUT2D eigenvalue weighted by Gasteiger charge is -2.45. The van der Waals surface area contributed by atoms with Crippen molar-refractivity contribution in [2.75, 3.05) is 37.7 Å². The average molecular weight is 356 g/mol. The number of hydrogen-bond acceptors (Lipinski definition) is 3. The molecule has 2 saturated heterocycles. The summed E-state index contributed by atoms with van der Waals surface area (Å²) in [5.74, 6) is 0.256. The third kappa shape index (κ3) is 3.51. The van der Waals surface area contributed by atoms with E-state index in [4.69, 9.17) is 11.6 Å². The topological polar surface area (TPSA) is 26.8 Å². The van der Waals surface area contributed by atoms with E-state index in [1.165, 1.54) is 11.3 Å². The fraction of sp³-hybridized carbons (Fsp3) is 0.350. The van der Waals surface area contributed by atoms with Gasteiger partial charge in [0, 0.05) is 36.9 Å². The van der Waals surface area contributed by atoms with Gasteiger partial charge in [0.25, 0.3) is 0 Å². The molecule has 1 atom stereocenters. The highest BCUT2D eigenvalue weighted by Gasteiger charge is 2.38. The zero-order valence-corrected chi connectivity index (χ0v) is 14.9. The number of hydrogen-bond donors (Lipinski definition) is 0. The molecule has 4 nitrogen and oxygen atoms in total. The molecule has 0 aromatic heterocycles. The second-order valence-corrected chi connectivity index (χ2v) is 7.16. The lowest BCUT2D eigenvalue weighted by molar-refractivity contribution is -0.150. The maximum absolute atomic E-state index is 12.1. The summed E-state index contributed by atoms with van der Waals surface area (Å²) in [6, 6.07) is 18.6. The molecule has 2 aromatic rings. The van der Waals surface area contributed by atoms with E-state index in [1.54, 1.807) is 0 Å². The Kier molecular flexibility index (Phi) is 4.64. The van der Waals surface area contributed by atoms with Crippen LogP contribution in [-0.4, -0.2) is 48.6 Å². The van der Waals surface area contributed by atoms with Crippen LogP contribution < -0.4 is 4.90 Å². The average Bonchev–Trinajstić information content (AvgIpc) is 2.65. The van der Waals surface area contributed by atoms with Crippen LogP contribution in [0.25, 0.3) is 0 Å². The summed E-state index contributed by atoms with van der Waals surface area (Å²) in [6.07, 6.45) is 0.631. The van der Waals surface area contributed by atoms with E-state index in [0.29, 0.717) is 6.42 Å². The zero-order valence-electron chi connectivity index (χ0n) is 14.1. The number of piperazine rings is 1. The molecule has 2 fully saturated rings. The summed E-state index contributed by atoms with van der Waals surface area (Å²) >= 11 is 6.10. The molecule has 0 aliphatic carbocycles. The smallest absolute Gasteiger partial charge is 0.226 e. The number of benzene rings is 2. The molecule has 2 aliphatic heterocycles. The minimum Gasteiger partial charge on any atom is -0.369 e. The van der Waals surface area contributed by atoms with Crippen molar-refractivity contribution in [2.45, 2.75) is 12.5 Å². The molecule has 2 aromatic carbocycles. The number of likely N-dealkylation sites (tertiary alicyclic amines) is 1. The summed E-state index contributed by atoms with van der Waals surface area (Å²) in [4.78, 5) is 18.8. The number of nitrogens with zero attached hydrogens (tertiary/aromatic N) is 3. The highest BCUT2D eigenvalue weighted by atomic mass is 35.5. The SMILES string of the molecule is O=C1C[C@@H](c2ccccc2)N1CN1CCN(c2cccc(Cl)c2)CC1. The highest BCUT2D eigenvalue weighted by molar-refractivity contribution is 6.30. The van der Waals surface area contributed by atoms with Gasteiger partial charge in [-0.25, -0.2) is 0 Å². The normalized spacial score (nSPS) is 21.3. The van der Waals surface area contributed by atoms with Crippen LogP contribution in [0.3, 0.4) is 0 Å². The standard InChI is InChI=1S/C20H22ClN3O/c21-17-7-4-8-18(13-17)23-11-9-22(10-12-23)15-24-19(14-20(24)25)16-5-2-1-3-6-16/h1-8,13,19H,9-12,14-15H2/t19-/m0/s1. The summed E-state index contributed by atoms with van der Waals surface area (Å²) in [5, 5.41) is 0.775. The number of carbonyl (C=O) groups is 1. The van der Waals surface area contributed by atoms with Gasteiger partial charge in [0.1, 0.15) is 0 Å². The minimum atomic E-state index is 0.236. The van der Waals surface area contributed by atoms with Crippen molar-refractivity contribution in [1.29, 1.82) is 0 Å². The first-order valence-electron chi connectivity index (χ1n) is 8.78. The van der Waals surface area contributed by atoms with Crippen molar-refractivity contribution < 1.29 is 4.79 Å². The highest BCUT2D eigenvalue weighted by Crippen LogP contribution is 2.34. The molecular formula is C20H22ClN3O. The van der Waals surface area contributed by atoms with E-state index in [9.17, 15) is 4.79 Å². The van der Waals surface area contributed by atoms with Crippen LogP contribution in [0.4, 0.5) is 5.69 Å². The Hall–Kier alpha value is -2.04. The summed E-state index contributed by atoms with van der Waals surface area (Å²) in [6.45, 7) is 4.55. The summed E-state index contributed by atoms with van der Waals surface area (Å²) in [7, 11) is 0. The van der Waals surface area contributed by atoms with Crippen molar-refractivity contribution in [3.63, 3.8) is 0 Å². The van der Waals surface area contributed by atoms with E-state index in [1.807, 2.05) is 41.3 Å². The lowest BCUT2D eigenvalue weighted by Crippen LogP contribution is -2.55. The van der Waals surface area contributed by atoms with Gasteiger partial charge in [0.15, 0.2) is 0 Å². The van der Waals surface area contributed by atoms with Crippen molar-refractivity contribution in [3.05, 3.63) is 65.2 Å². The maximum Gasteiger partial charge on any atom is 0.226 e. The number of anilines is 1. The van der Waals surface area contributed by atoms with Crippen molar-refractivity contribution in [3.8, 4) is 0 Å². The molecule has 130 valence electrons. The maximum atomic E-state index is 12.1. The Labute approximate surface area is 153 Å². The molecule has 0 N–H and O–H groups in total. The lowest BCUT2D eigenvalue weighted by atomic mass is 9.94. The number of carbonyl (C=O) groups excluding carboxylic acids is 1. The predicted octanol–water partition coefficient (Wildman–Crippen LogP) is 3.39. The van der Waals surface area contributed by atoms with Gasteiger partial charge in [-0.1, -0.05) is 48.0 Å². The summed E-state index contributed by atoms with van der Waals surface area (Å²) < 4.78 is 0. The zero-order chi connectivity index (χ0) is 17.2. The fourth-order valence-electron chi connectivity index (χ4n) is 3.64. The monoisotopic (exact) mass is 355 g/mol. The van der Waals surface area contributed by atoms with Gasteiger partial charge in [-0.3, -0.25) is 9.69 Å². The first kappa shape index (κ1) is 16.4. The predicted molar refractivity (Wildman–Crippen MR) is 101 cm³/mol. The van der Waals surface area contributed by atoms with Crippen molar-refractivity contribution >= 4 is 23.2 Å². The van der Waals surface area contributed by atoms with E-state index in [0.717, 1.165) is 37.9 Å².